The summed E-state index contributed by atoms with van der Waals surface area (Å²) in [5.41, 5.74) is 2.45. The number of nitrogens with zero attached hydrogens (tertiary/aromatic N) is 4. The molecule has 1 amide bonds. The molecule has 1 atom stereocenters. The zero-order chi connectivity index (χ0) is 17.5. The Morgan fingerprint density at radius 3 is 2.44 bits per heavy atom. The minimum atomic E-state index is -0.357. The number of amides is 1. The van der Waals surface area contributed by atoms with Crippen LogP contribution in [0.25, 0.3) is 0 Å². The van der Waals surface area contributed by atoms with Crippen molar-refractivity contribution in [3.63, 3.8) is 0 Å². The monoisotopic (exact) mass is 341 g/mol. The van der Waals surface area contributed by atoms with Gasteiger partial charge in [0.25, 0.3) is 0 Å². The van der Waals surface area contributed by atoms with E-state index >= 15 is 0 Å². The molecule has 134 valence electrons. The third-order valence-electron chi connectivity index (χ3n) is 4.81. The number of hydrogen-bond donors (Lipinski definition) is 1. The molecular formula is C19H27N5O. The molecule has 3 rings (SSSR count). The van der Waals surface area contributed by atoms with Crippen molar-refractivity contribution in [3.05, 3.63) is 48.0 Å². The van der Waals surface area contributed by atoms with Crippen molar-refractivity contribution in [2.24, 2.45) is 0 Å². The molecule has 1 aromatic heterocycles. The minimum absolute atomic E-state index is 0.0563. The number of likely N-dealkylation sites (tertiary alicyclic amines) is 1. The first-order valence-electron chi connectivity index (χ1n) is 9.14. The maximum Gasteiger partial charge on any atom is 0.244 e. The van der Waals surface area contributed by atoms with Gasteiger partial charge in [-0.15, -0.1) is 0 Å². The Balaban J connectivity index is 1.48. The van der Waals surface area contributed by atoms with Crippen LogP contribution in [-0.2, 0) is 17.9 Å². The molecule has 2 heterocycles. The zero-order valence-electron chi connectivity index (χ0n) is 14.9. The van der Waals surface area contributed by atoms with Crippen LogP contribution in [0.3, 0.4) is 0 Å². The zero-order valence-corrected chi connectivity index (χ0v) is 14.9. The molecule has 1 saturated heterocycles. The van der Waals surface area contributed by atoms with Crippen LogP contribution in [0.15, 0.2) is 36.9 Å². The molecular weight excluding hydrogens is 314 g/mol. The van der Waals surface area contributed by atoms with E-state index in [4.69, 9.17) is 0 Å². The summed E-state index contributed by atoms with van der Waals surface area (Å²) in [6, 6.07) is 8.20. The van der Waals surface area contributed by atoms with Crippen LogP contribution < -0.4 is 5.32 Å². The SMILES string of the molecule is CC(C(=O)NCc1ccc(CN2CCCCCC2)cc1)n1cncn1. The van der Waals surface area contributed by atoms with Crippen LogP contribution in [0.2, 0.25) is 0 Å². The van der Waals surface area contributed by atoms with E-state index in [1.54, 1.807) is 11.0 Å². The highest BCUT2D eigenvalue weighted by Gasteiger charge is 2.15. The lowest BCUT2D eigenvalue weighted by molar-refractivity contribution is -0.124. The quantitative estimate of drug-likeness (QED) is 0.877. The van der Waals surface area contributed by atoms with Crippen LogP contribution in [0.4, 0.5) is 0 Å². The van der Waals surface area contributed by atoms with Crippen LogP contribution in [0, 0.1) is 0 Å². The molecule has 6 heteroatoms. The Labute approximate surface area is 149 Å². The summed E-state index contributed by atoms with van der Waals surface area (Å²) in [4.78, 5) is 18.6. The highest BCUT2D eigenvalue weighted by Crippen LogP contribution is 2.14. The van der Waals surface area contributed by atoms with Gasteiger partial charge < -0.3 is 5.32 Å². The van der Waals surface area contributed by atoms with Gasteiger partial charge in [-0.05, 0) is 44.0 Å². The molecule has 0 bridgehead atoms. The molecule has 2 aromatic rings. The Kier molecular flexibility index (Phi) is 6.17. The van der Waals surface area contributed by atoms with Crippen LogP contribution in [-0.4, -0.2) is 38.7 Å². The molecule has 6 nitrogen and oxygen atoms in total. The van der Waals surface area contributed by atoms with E-state index in [0.29, 0.717) is 6.54 Å². The number of rotatable bonds is 6. The highest BCUT2D eigenvalue weighted by atomic mass is 16.2. The van der Waals surface area contributed by atoms with Crippen molar-refractivity contribution in [1.82, 2.24) is 25.0 Å². The van der Waals surface area contributed by atoms with Crippen LogP contribution >= 0.6 is 0 Å². The summed E-state index contributed by atoms with van der Waals surface area (Å²) < 4.78 is 1.56. The first-order valence-corrected chi connectivity index (χ1v) is 9.14. The Morgan fingerprint density at radius 2 is 1.80 bits per heavy atom. The van der Waals surface area contributed by atoms with E-state index < -0.39 is 0 Å². The van der Waals surface area contributed by atoms with Gasteiger partial charge in [-0.2, -0.15) is 5.10 Å². The lowest BCUT2D eigenvalue weighted by Crippen LogP contribution is -2.30. The summed E-state index contributed by atoms with van der Waals surface area (Å²) in [5.74, 6) is -0.0563. The third-order valence-corrected chi connectivity index (χ3v) is 4.81. The molecule has 1 aliphatic rings. The van der Waals surface area contributed by atoms with E-state index in [1.807, 2.05) is 6.92 Å². The lowest BCUT2D eigenvalue weighted by atomic mass is 10.1. The van der Waals surface area contributed by atoms with Crippen molar-refractivity contribution in [3.8, 4) is 0 Å². The van der Waals surface area contributed by atoms with Gasteiger partial charge in [-0.25, -0.2) is 9.67 Å². The minimum Gasteiger partial charge on any atom is -0.350 e. The molecule has 0 spiro atoms. The molecule has 0 radical (unpaired) electrons. The van der Waals surface area contributed by atoms with E-state index in [1.165, 1.54) is 50.7 Å². The van der Waals surface area contributed by atoms with Crippen molar-refractivity contribution < 1.29 is 4.79 Å². The predicted molar refractivity (Wildman–Crippen MR) is 96.8 cm³/mol. The number of hydrogen-bond acceptors (Lipinski definition) is 4. The lowest BCUT2D eigenvalue weighted by Gasteiger charge is -2.20. The van der Waals surface area contributed by atoms with Gasteiger partial charge >= 0.3 is 0 Å². The van der Waals surface area contributed by atoms with Gasteiger partial charge in [-0.1, -0.05) is 37.1 Å². The average Bonchev–Trinajstić information content (AvgIpc) is 3.06. The van der Waals surface area contributed by atoms with Crippen molar-refractivity contribution >= 4 is 5.91 Å². The van der Waals surface area contributed by atoms with Gasteiger partial charge in [0.1, 0.15) is 18.7 Å². The molecule has 25 heavy (non-hydrogen) atoms. The number of carbonyl (C=O) groups is 1. The van der Waals surface area contributed by atoms with Gasteiger partial charge in [0.2, 0.25) is 5.91 Å². The number of nitrogens with one attached hydrogen (secondary N) is 1. The van der Waals surface area contributed by atoms with E-state index in [2.05, 4.69) is 44.6 Å². The second kappa shape index (κ2) is 8.76. The topological polar surface area (TPSA) is 63.1 Å². The maximum atomic E-state index is 12.2. The average molecular weight is 341 g/mol. The van der Waals surface area contributed by atoms with E-state index in [0.717, 1.165) is 12.1 Å². The van der Waals surface area contributed by atoms with E-state index in [9.17, 15) is 4.79 Å². The Bertz CT molecular complexity index is 645. The molecule has 1 aromatic carbocycles. The number of aromatic nitrogens is 3. The second-order valence-electron chi connectivity index (χ2n) is 6.78. The van der Waals surface area contributed by atoms with Gasteiger partial charge in [0, 0.05) is 13.1 Å². The summed E-state index contributed by atoms with van der Waals surface area (Å²) in [5, 5.41) is 6.96. The third kappa shape index (κ3) is 5.13. The summed E-state index contributed by atoms with van der Waals surface area (Å²) in [6.45, 7) is 5.78. The first kappa shape index (κ1) is 17.6. The smallest absolute Gasteiger partial charge is 0.244 e. The summed E-state index contributed by atoms with van der Waals surface area (Å²) >= 11 is 0. The molecule has 1 unspecified atom stereocenters. The number of carbonyl (C=O) groups excluding carboxylic acids is 1. The number of benzene rings is 1. The maximum absolute atomic E-state index is 12.2. The fourth-order valence-corrected chi connectivity index (χ4v) is 3.19. The molecule has 1 N–H and O–H groups in total. The van der Waals surface area contributed by atoms with Crippen molar-refractivity contribution in [1.29, 1.82) is 0 Å². The van der Waals surface area contributed by atoms with Gasteiger partial charge in [0.15, 0.2) is 0 Å². The largest absolute Gasteiger partial charge is 0.350 e. The van der Waals surface area contributed by atoms with Crippen LogP contribution in [0.1, 0.15) is 49.8 Å². The van der Waals surface area contributed by atoms with Crippen molar-refractivity contribution in [2.75, 3.05) is 13.1 Å². The Hall–Kier alpha value is -2.21. The summed E-state index contributed by atoms with van der Waals surface area (Å²) in [7, 11) is 0. The predicted octanol–water partition coefficient (Wildman–Crippen LogP) is 2.53. The van der Waals surface area contributed by atoms with Crippen LogP contribution in [0.5, 0.6) is 0 Å². The van der Waals surface area contributed by atoms with E-state index in [-0.39, 0.29) is 11.9 Å². The molecule has 0 aliphatic carbocycles. The Morgan fingerprint density at radius 1 is 1.12 bits per heavy atom. The standard InChI is InChI=1S/C19H27N5O/c1-16(24-15-20-14-22-24)19(25)21-12-17-6-8-18(9-7-17)13-23-10-4-2-3-5-11-23/h6-9,14-16H,2-5,10-13H2,1H3,(H,21,25). The summed E-state index contributed by atoms with van der Waals surface area (Å²) in [6.07, 6.45) is 8.35. The molecule has 0 saturated carbocycles. The van der Waals surface area contributed by atoms with Gasteiger partial charge in [-0.3, -0.25) is 9.69 Å². The fourth-order valence-electron chi connectivity index (χ4n) is 3.19. The first-order chi connectivity index (χ1) is 12.2. The molecule has 1 fully saturated rings. The van der Waals surface area contributed by atoms with Gasteiger partial charge in [0.05, 0.1) is 0 Å². The van der Waals surface area contributed by atoms with Crippen molar-refractivity contribution in [2.45, 2.75) is 51.7 Å². The molecule has 1 aliphatic heterocycles. The normalized spacial score (nSPS) is 17.0. The second-order valence-corrected chi connectivity index (χ2v) is 6.78. The fraction of sp³-hybridized carbons (Fsp3) is 0.526. The highest BCUT2D eigenvalue weighted by molar-refractivity contribution is 5.79.